The van der Waals surface area contributed by atoms with Crippen LogP contribution < -0.4 is 68.4 Å². The Morgan fingerprint density at radius 3 is 1.56 bits per heavy atom. The van der Waals surface area contributed by atoms with Crippen LogP contribution in [0.25, 0.3) is 0 Å². The Bertz CT molecular complexity index is 35.0. The number of aliphatic hydroxyl groups is 2. The van der Waals surface area contributed by atoms with Crippen LogP contribution in [0.15, 0.2) is 0 Å². The summed E-state index contributed by atoms with van der Waals surface area (Å²) in [7, 11) is 0. The second-order valence-electron chi connectivity index (χ2n) is 1.06. The van der Waals surface area contributed by atoms with E-state index in [0.29, 0.717) is 13.2 Å². The van der Waals surface area contributed by atoms with Gasteiger partial charge in [-0.2, -0.15) is 0 Å². The van der Waals surface area contributed by atoms with Gasteiger partial charge < -0.3 is 31.9 Å². The van der Waals surface area contributed by atoms with Gasteiger partial charge in [-0.1, -0.05) is 0 Å². The van der Waals surface area contributed by atoms with E-state index in [9.17, 15) is 0 Å². The molecule has 0 radical (unpaired) electrons. The van der Waals surface area contributed by atoms with Gasteiger partial charge in [0.25, 0.3) is 0 Å². The Kier molecular flexibility index (Phi) is 31.6. The minimum Gasteiger partial charge on any atom is -1.00 e. The second-order valence-corrected chi connectivity index (χ2v) is 1.06. The van der Waals surface area contributed by atoms with Crippen molar-refractivity contribution >= 4 is 0 Å². The van der Waals surface area contributed by atoms with Gasteiger partial charge in [0.15, 0.2) is 0 Å². The molecule has 9 heavy (non-hydrogen) atoms. The van der Waals surface area contributed by atoms with Gasteiger partial charge in [-0.15, -0.1) is 0 Å². The summed E-state index contributed by atoms with van der Waals surface area (Å²) in [4.78, 5) is 0. The number of hydrogen-bond donors (Lipinski definition) is 2. The monoisotopic (exact) mass is 224 g/mol. The first-order valence-electron chi connectivity index (χ1n) is 2.21. The molecule has 0 heterocycles. The van der Waals surface area contributed by atoms with Crippen molar-refractivity contribution in [3.05, 3.63) is 0 Å². The number of aliphatic hydroxyl groups excluding tert-OH is 2. The Hall–Kier alpha value is 2.00. The smallest absolute Gasteiger partial charge is 1.00 e. The summed E-state index contributed by atoms with van der Waals surface area (Å²) in [5.74, 6) is 0. The van der Waals surface area contributed by atoms with Crippen LogP contribution >= 0.6 is 0 Å². The van der Waals surface area contributed by atoms with E-state index in [-0.39, 0.29) is 81.6 Å². The summed E-state index contributed by atoms with van der Waals surface area (Å²) >= 11 is 0. The normalized spacial score (nSPS) is 7.33. The topological polar surface area (TPSA) is 49.7 Å². The third kappa shape index (κ3) is 17.8. The molecule has 0 aliphatic rings. The van der Waals surface area contributed by atoms with Gasteiger partial charge >= 0.3 is 51.4 Å². The Balaban J connectivity index is -0.000000180. The number of rotatable bonds is 4. The van der Waals surface area contributed by atoms with Gasteiger partial charge in [-0.05, 0) is 0 Å². The zero-order valence-corrected chi connectivity index (χ0v) is 10.2. The molecule has 0 bridgehead atoms. The standard InChI is InChI=1S/C4H10O3.BrH.K/c5-1-3-7-4-2-6;;/h5-6H,1-4H2;1H;/q;;+1/p-1. The molecule has 0 aromatic carbocycles. The molecule has 0 atom stereocenters. The molecule has 2 N–H and O–H groups in total. The molecule has 0 spiro atoms. The fraction of sp³-hybridized carbons (Fsp3) is 1.00. The SMILES string of the molecule is OCCOCCO.[Br-].[K+]. The van der Waals surface area contributed by atoms with E-state index in [1.54, 1.807) is 0 Å². The van der Waals surface area contributed by atoms with Crippen molar-refractivity contribution in [1.29, 1.82) is 0 Å². The van der Waals surface area contributed by atoms with Crippen molar-refractivity contribution in [3.63, 3.8) is 0 Å². The molecule has 5 heteroatoms. The zero-order valence-electron chi connectivity index (χ0n) is 5.51. The first-order chi connectivity index (χ1) is 3.41. The van der Waals surface area contributed by atoms with Crippen LogP contribution in [0.5, 0.6) is 0 Å². The minimum atomic E-state index is 0. The van der Waals surface area contributed by atoms with Gasteiger partial charge in [0, 0.05) is 0 Å². The average Bonchev–Trinajstić information content (AvgIpc) is 1.69. The molecule has 0 unspecified atom stereocenters. The van der Waals surface area contributed by atoms with E-state index < -0.39 is 0 Å². The zero-order chi connectivity index (χ0) is 5.54. The fourth-order valence-corrected chi connectivity index (χ4v) is 0.231. The maximum absolute atomic E-state index is 8.09. The maximum Gasteiger partial charge on any atom is 1.00 e. The summed E-state index contributed by atoms with van der Waals surface area (Å²) in [5.41, 5.74) is 0. The first-order valence-corrected chi connectivity index (χ1v) is 2.21. The average molecular weight is 225 g/mol. The largest absolute Gasteiger partial charge is 1.00 e. The van der Waals surface area contributed by atoms with Crippen molar-refractivity contribution in [2.75, 3.05) is 26.4 Å². The predicted octanol–water partition coefficient (Wildman–Crippen LogP) is -7.00. The maximum atomic E-state index is 8.09. The quantitative estimate of drug-likeness (QED) is 0.369. The van der Waals surface area contributed by atoms with E-state index in [4.69, 9.17) is 10.2 Å². The van der Waals surface area contributed by atoms with E-state index in [1.165, 1.54) is 0 Å². The second kappa shape index (κ2) is 16.5. The Morgan fingerprint density at radius 2 is 1.33 bits per heavy atom. The molecule has 3 nitrogen and oxygen atoms in total. The van der Waals surface area contributed by atoms with Crippen LogP contribution in [0.2, 0.25) is 0 Å². The number of ether oxygens (including phenoxy) is 1. The molecule has 0 rings (SSSR count). The van der Waals surface area contributed by atoms with Crippen molar-refractivity contribution < 1.29 is 83.3 Å². The van der Waals surface area contributed by atoms with E-state index in [0.717, 1.165) is 0 Å². The van der Waals surface area contributed by atoms with Crippen molar-refractivity contribution in [2.45, 2.75) is 0 Å². The number of hydrogen-bond acceptors (Lipinski definition) is 3. The van der Waals surface area contributed by atoms with Crippen LogP contribution in [0.4, 0.5) is 0 Å². The summed E-state index contributed by atoms with van der Waals surface area (Å²) in [5, 5.41) is 16.2. The van der Waals surface area contributed by atoms with Gasteiger partial charge in [0.1, 0.15) is 0 Å². The van der Waals surface area contributed by atoms with Crippen molar-refractivity contribution in [2.24, 2.45) is 0 Å². The Labute approximate surface area is 108 Å². The third-order valence-electron chi connectivity index (χ3n) is 0.471. The summed E-state index contributed by atoms with van der Waals surface area (Å²) in [6, 6.07) is 0. The Morgan fingerprint density at radius 1 is 1.00 bits per heavy atom. The molecule has 52 valence electrons. The predicted molar refractivity (Wildman–Crippen MR) is 25.0 cm³/mol. The van der Waals surface area contributed by atoms with Crippen LogP contribution in [0.3, 0.4) is 0 Å². The molecule has 0 saturated carbocycles. The fourth-order valence-electron chi connectivity index (χ4n) is 0.231. The summed E-state index contributed by atoms with van der Waals surface area (Å²) in [6.45, 7) is 0.696. The molecular weight excluding hydrogens is 215 g/mol. The van der Waals surface area contributed by atoms with Crippen molar-refractivity contribution in [3.8, 4) is 0 Å². The van der Waals surface area contributed by atoms with E-state index >= 15 is 0 Å². The summed E-state index contributed by atoms with van der Waals surface area (Å²) < 4.78 is 4.63. The third-order valence-corrected chi connectivity index (χ3v) is 0.471. The number of halogens is 1. The van der Waals surface area contributed by atoms with Crippen LogP contribution in [0.1, 0.15) is 0 Å². The van der Waals surface area contributed by atoms with E-state index in [2.05, 4.69) is 4.74 Å². The van der Waals surface area contributed by atoms with Crippen LogP contribution in [-0.4, -0.2) is 36.6 Å². The molecular formula is C4H10BrKO3. The van der Waals surface area contributed by atoms with Gasteiger partial charge in [0.2, 0.25) is 0 Å². The van der Waals surface area contributed by atoms with Gasteiger partial charge in [-0.3, -0.25) is 0 Å². The molecule has 0 amide bonds. The molecule has 0 aliphatic heterocycles. The van der Waals surface area contributed by atoms with Crippen molar-refractivity contribution in [1.82, 2.24) is 0 Å². The van der Waals surface area contributed by atoms with Gasteiger partial charge in [0.05, 0.1) is 26.4 Å². The minimum absolute atomic E-state index is 0. The van der Waals surface area contributed by atoms with E-state index in [1.807, 2.05) is 0 Å². The molecule has 0 fully saturated rings. The van der Waals surface area contributed by atoms with Crippen LogP contribution in [-0.2, 0) is 4.74 Å². The molecule has 0 aliphatic carbocycles. The first kappa shape index (κ1) is 17.2. The summed E-state index contributed by atoms with van der Waals surface area (Å²) in [6.07, 6.45) is 0. The van der Waals surface area contributed by atoms with Gasteiger partial charge in [-0.25, -0.2) is 0 Å². The molecule has 0 saturated heterocycles. The molecule has 0 aromatic heterocycles. The van der Waals surface area contributed by atoms with Crippen LogP contribution in [0, 0.1) is 0 Å². The molecule has 0 aromatic rings.